The number of hydrogen-bond acceptors (Lipinski definition) is 5. The summed E-state index contributed by atoms with van der Waals surface area (Å²) in [5, 5.41) is 5.77. The lowest BCUT2D eigenvalue weighted by Crippen LogP contribution is -2.17. The molecule has 0 bridgehead atoms. The second-order valence-corrected chi connectivity index (χ2v) is 8.30. The number of thiophene rings is 1. The van der Waals surface area contributed by atoms with Gasteiger partial charge in [-0.2, -0.15) is 0 Å². The Kier molecular flexibility index (Phi) is 4.96. The molecule has 4 aromatic rings. The molecule has 0 unspecified atom stereocenters. The van der Waals surface area contributed by atoms with Gasteiger partial charge in [-0.25, -0.2) is 9.37 Å². The van der Waals surface area contributed by atoms with Crippen molar-refractivity contribution in [3.63, 3.8) is 0 Å². The maximum absolute atomic E-state index is 13.2. The molecule has 0 spiro atoms. The van der Waals surface area contributed by atoms with E-state index < -0.39 is 0 Å². The molecule has 2 N–H and O–H groups in total. The third-order valence-corrected chi connectivity index (χ3v) is 6.32. The van der Waals surface area contributed by atoms with E-state index in [1.807, 2.05) is 5.38 Å². The molecule has 0 radical (unpaired) electrons. The zero-order valence-electron chi connectivity index (χ0n) is 16.3. The molecular formula is C23H21FN4OS. The summed E-state index contributed by atoms with van der Waals surface area (Å²) in [6, 6.07) is 14.5. The van der Waals surface area contributed by atoms with E-state index in [0.717, 1.165) is 29.9 Å². The Labute approximate surface area is 177 Å². The number of anilines is 2. The number of aromatic amines is 1. The van der Waals surface area contributed by atoms with Crippen LogP contribution in [0, 0.1) is 5.82 Å². The Bertz CT molecular complexity index is 1230. The molecule has 1 aliphatic heterocycles. The van der Waals surface area contributed by atoms with E-state index in [9.17, 15) is 9.18 Å². The van der Waals surface area contributed by atoms with Crippen LogP contribution in [-0.2, 0) is 6.54 Å². The van der Waals surface area contributed by atoms with Crippen molar-refractivity contribution in [2.75, 3.05) is 23.3 Å². The van der Waals surface area contributed by atoms with Gasteiger partial charge in [0.2, 0.25) is 0 Å². The summed E-state index contributed by atoms with van der Waals surface area (Å²) < 4.78 is 13.2. The van der Waals surface area contributed by atoms with E-state index in [0.29, 0.717) is 22.6 Å². The van der Waals surface area contributed by atoms with Crippen molar-refractivity contribution in [3.05, 3.63) is 75.9 Å². The smallest absolute Gasteiger partial charge is 0.260 e. The van der Waals surface area contributed by atoms with Crippen molar-refractivity contribution in [2.45, 2.75) is 19.4 Å². The number of fused-ring (bicyclic) bond motifs is 1. The van der Waals surface area contributed by atoms with Crippen LogP contribution in [0.4, 0.5) is 15.8 Å². The van der Waals surface area contributed by atoms with E-state index in [4.69, 9.17) is 0 Å². The fourth-order valence-corrected chi connectivity index (χ4v) is 4.84. The minimum absolute atomic E-state index is 0.179. The quantitative estimate of drug-likeness (QED) is 0.477. The molecule has 0 atom stereocenters. The van der Waals surface area contributed by atoms with E-state index >= 15 is 0 Å². The number of aromatic nitrogens is 2. The highest BCUT2D eigenvalue weighted by Gasteiger charge is 2.14. The zero-order chi connectivity index (χ0) is 20.5. The van der Waals surface area contributed by atoms with Crippen LogP contribution >= 0.6 is 11.3 Å². The summed E-state index contributed by atoms with van der Waals surface area (Å²) in [6.07, 6.45) is 2.51. The molecule has 152 valence electrons. The summed E-state index contributed by atoms with van der Waals surface area (Å²) in [5.74, 6) is 0.288. The third-order valence-electron chi connectivity index (χ3n) is 5.45. The van der Waals surface area contributed by atoms with E-state index in [-0.39, 0.29) is 11.4 Å². The number of halogens is 1. The van der Waals surface area contributed by atoms with Crippen molar-refractivity contribution in [1.29, 1.82) is 0 Å². The molecular weight excluding hydrogens is 399 g/mol. The summed E-state index contributed by atoms with van der Waals surface area (Å²) in [7, 11) is 0. The van der Waals surface area contributed by atoms with E-state index in [2.05, 4.69) is 44.5 Å². The van der Waals surface area contributed by atoms with E-state index in [1.165, 1.54) is 42.0 Å². The minimum Gasteiger partial charge on any atom is -0.378 e. The van der Waals surface area contributed by atoms with Crippen molar-refractivity contribution >= 4 is 32.9 Å². The van der Waals surface area contributed by atoms with Gasteiger partial charge < -0.3 is 15.2 Å². The minimum atomic E-state index is -0.299. The van der Waals surface area contributed by atoms with Gasteiger partial charge in [-0.1, -0.05) is 12.1 Å². The molecule has 2 aromatic carbocycles. The average Bonchev–Trinajstić information content (AvgIpc) is 3.44. The largest absolute Gasteiger partial charge is 0.378 e. The second kappa shape index (κ2) is 7.91. The first-order valence-corrected chi connectivity index (χ1v) is 10.9. The molecule has 1 saturated heterocycles. The van der Waals surface area contributed by atoms with Gasteiger partial charge in [0.25, 0.3) is 5.56 Å². The highest BCUT2D eigenvalue weighted by Crippen LogP contribution is 2.31. The molecule has 1 fully saturated rings. The highest BCUT2D eigenvalue weighted by atomic mass is 32.1. The van der Waals surface area contributed by atoms with E-state index in [1.54, 1.807) is 12.1 Å². The topological polar surface area (TPSA) is 61.0 Å². The van der Waals surface area contributed by atoms with Crippen LogP contribution in [0.2, 0.25) is 0 Å². The van der Waals surface area contributed by atoms with Crippen molar-refractivity contribution < 1.29 is 4.39 Å². The first kappa shape index (κ1) is 18.8. The number of benzene rings is 2. The Morgan fingerprint density at radius 2 is 1.80 bits per heavy atom. The Hall–Kier alpha value is -3.19. The maximum Gasteiger partial charge on any atom is 0.260 e. The summed E-state index contributed by atoms with van der Waals surface area (Å²) in [6.45, 7) is 2.68. The Balaban J connectivity index is 1.34. The van der Waals surface area contributed by atoms with Gasteiger partial charge in [-0.3, -0.25) is 4.79 Å². The van der Waals surface area contributed by atoms with Gasteiger partial charge >= 0.3 is 0 Å². The molecule has 3 heterocycles. The molecule has 30 heavy (non-hydrogen) atoms. The van der Waals surface area contributed by atoms with Crippen molar-refractivity contribution in [3.8, 4) is 11.1 Å². The predicted octanol–water partition coefficient (Wildman–Crippen LogP) is 5.00. The molecule has 1 aliphatic rings. The van der Waals surface area contributed by atoms with Crippen molar-refractivity contribution in [1.82, 2.24) is 9.97 Å². The number of H-pyrrole nitrogens is 1. The standard InChI is InChI=1S/C23H21FN4OS/c24-16-5-3-15(4-6-16)19-14-30-23-21(19)22(29)26-20(27-23)13-25-17-7-9-18(10-8-17)28-11-1-2-12-28/h3-10,14,25H,1-2,11-13H2,(H,26,27,29). The fourth-order valence-electron chi connectivity index (χ4n) is 3.87. The number of hydrogen-bond donors (Lipinski definition) is 2. The molecule has 2 aromatic heterocycles. The lowest BCUT2D eigenvalue weighted by Gasteiger charge is -2.17. The van der Waals surface area contributed by atoms with Crippen LogP contribution < -0.4 is 15.8 Å². The molecule has 0 amide bonds. The van der Waals surface area contributed by atoms with Crippen LogP contribution in [-0.4, -0.2) is 23.1 Å². The molecule has 5 rings (SSSR count). The predicted molar refractivity (Wildman–Crippen MR) is 121 cm³/mol. The normalized spacial score (nSPS) is 13.8. The van der Waals surface area contributed by atoms with Crippen LogP contribution in [0.5, 0.6) is 0 Å². The molecule has 0 aliphatic carbocycles. The van der Waals surface area contributed by atoms with Gasteiger partial charge in [0.1, 0.15) is 16.5 Å². The average molecular weight is 421 g/mol. The second-order valence-electron chi connectivity index (χ2n) is 7.44. The molecule has 7 heteroatoms. The summed E-state index contributed by atoms with van der Waals surface area (Å²) in [4.78, 5) is 23.3. The SMILES string of the molecule is O=c1[nH]c(CNc2ccc(N3CCCC3)cc2)nc2scc(-c3ccc(F)cc3)c12. The van der Waals surface area contributed by atoms with Gasteiger partial charge in [-0.05, 0) is 54.8 Å². The van der Waals surface area contributed by atoms with Gasteiger partial charge in [-0.15, -0.1) is 11.3 Å². The van der Waals surface area contributed by atoms with Gasteiger partial charge in [0.05, 0.1) is 11.9 Å². The Morgan fingerprint density at radius 1 is 1.07 bits per heavy atom. The van der Waals surface area contributed by atoms with Crippen LogP contribution in [0.25, 0.3) is 21.3 Å². The lowest BCUT2D eigenvalue weighted by atomic mass is 10.1. The monoisotopic (exact) mass is 420 g/mol. The first-order chi connectivity index (χ1) is 14.7. The number of rotatable bonds is 5. The Morgan fingerprint density at radius 3 is 2.53 bits per heavy atom. The van der Waals surface area contributed by atoms with Crippen molar-refractivity contribution in [2.24, 2.45) is 0 Å². The van der Waals surface area contributed by atoms with Gasteiger partial charge in [0, 0.05) is 35.4 Å². The number of nitrogens with one attached hydrogen (secondary N) is 2. The maximum atomic E-state index is 13.2. The lowest BCUT2D eigenvalue weighted by molar-refractivity contribution is 0.628. The molecule has 5 nitrogen and oxygen atoms in total. The van der Waals surface area contributed by atoms with Crippen LogP contribution in [0.1, 0.15) is 18.7 Å². The highest BCUT2D eigenvalue weighted by molar-refractivity contribution is 7.17. The molecule has 0 saturated carbocycles. The van der Waals surface area contributed by atoms with Crippen LogP contribution in [0.15, 0.2) is 58.7 Å². The number of nitrogens with zero attached hydrogens (tertiary/aromatic N) is 2. The summed E-state index contributed by atoms with van der Waals surface area (Å²) in [5.41, 5.74) is 3.64. The fraction of sp³-hybridized carbons (Fsp3) is 0.217. The van der Waals surface area contributed by atoms with Gasteiger partial charge in [0.15, 0.2) is 0 Å². The first-order valence-electron chi connectivity index (χ1n) is 10.0. The summed E-state index contributed by atoms with van der Waals surface area (Å²) >= 11 is 1.42. The van der Waals surface area contributed by atoms with Crippen LogP contribution in [0.3, 0.4) is 0 Å². The third kappa shape index (κ3) is 3.68. The zero-order valence-corrected chi connectivity index (χ0v) is 17.1.